The Hall–Kier alpha value is -1.23. The SMILES string of the molecule is CSCCC(C)n1c(N)nc2cccnc21. The average Bonchev–Trinajstić information content (AvgIpc) is 2.62. The van der Waals surface area contributed by atoms with Crippen LogP contribution in [0.3, 0.4) is 0 Å². The number of pyridine rings is 1. The molecule has 0 aromatic carbocycles. The Bertz CT molecular complexity index is 480. The molecule has 2 N–H and O–H groups in total. The van der Waals surface area contributed by atoms with Crippen LogP contribution in [0.5, 0.6) is 0 Å². The van der Waals surface area contributed by atoms with Gasteiger partial charge in [-0.1, -0.05) is 0 Å². The van der Waals surface area contributed by atoms with Gasteiger partial charge in [0.05, 0.1) is 0 Å². The molecule has 2 aromatic rings. The summed E-state index contributed by atoms with van der Waals surface area (Å²) in [6.07, 6.45) is 4.97. The molecule has 5 heteroatoms. The maximum absolute atomic E-state index is 5.93. The maximum atomic E-state index is 5.93. The number of hydrogen-bond acceptors (Lipinski definition) is 4. The lowest BCUT2D eigenvalue weighted by Crippen LogP contribution is -2.10. The van der Waals surface area contributed by atoms with Crippen LogP contribution in [0.15, 0.2) is 18.3 Å². The highest BCUT2D eigenvalue weighted by Gasteiger charge is 2.13. The first-order valence-electron chi connectivity index (χ1n) is 5.31. The molecule has 0 saturated carbocycles. The molecule has 86 valence electrons. The van der Waals surface area contributed by atoms with Crippen LogP contribution in [0.2, 0.25) is 0 Å². The van der Waals surface area contributed by atoms with E-state index >= 15 is 0 Å². The van der Waals surface area contributed by atoms with Crippen LogP contribution in [0.4, 0.5) is 5.95 Å². The van der Waals surface area contributed by atoms with E-state index in [4.69, 9.17) is 5.73 Å². The zero-order valence-electron chi connectivity index (χ0n) is 9.55. The normalized spacial score (nSPS) is 13.1. The molecule has 0 bridgehead atoms. The summed E-state index contributed by atoms with van der Waals surface area (Å²) < 4.78 is 2.02. The number of aromatic nitrogens is 3. The molecule has 1 atom stereocenters. The van der Waals surface area contributed by atoms with Crippen molar-refractivity contribution in [3.8, 4) is 0 Å². The lowest BCUT2D eigenvalue weighted by atomic mass is 10.2. The summed E-state index contributed by atoms with van der Waals surface area (Å²) in [6, 6.07) is 4.16. The first-order valence-corrected chi connectivity index (χ1v) is 6.70. The Morgan fingerprint density at radius 2 is 2.38 bits per heavy atom. The van der Waals surface area contributed by atoms with Crippen molar-refractivity contribution < 1.29 is 0 Å². The van der Waals surface area contributed by atoms with Crippen molar-refractivity contribution in [1.29, 1.82) is 0 Å². The van der Waals surface area contributed by atoms with Crippen LogP contribution in [-0.4, -0.2) is 26.5 Å². The monoisotopic (exact) mass is 236 g/mol. The largest absolute Gasteiger partial charge is 0.369 e. The molecule has 0 aliphatic rings. The summed E-state index contributed by atoms with van der Waals surface area (Å²) in [5.41, 5.74) is 7.69. The summed E-state index contributed by atoms with van der Waals surface area (Å²) in [4.78, 5) is 8.66. The molecule has 0 amide bonds. The van der Waals surface area contributed by atoms with Gasteiger partial charge in [-0.2, -0.15) is 11.8 Å². The van der Waals surface area contributed by atoms with Gasteiger partial charge >= 0.3 is 0 Å². The van der Waals surface area contributed by atoms with Crippen LogP contribution in [0.1, 0.15) is 19.4 Å². The number of imidazole rings is 1. The molecule has 2 heterocycles. The van der Waals surface area contributed by atoms with Crippen LogP contribution < -0.4 is 5.73 Å². The smallest absolute Gasteiger partial charge is 0.202 e. The summed E-state index contributed by atoms with van der Waals surface area (Å²) in [5, 5.41) is 0. The Labute approximate surface area is 99.3 Å². The molecule has 1 unspecified atom stereocenters. The zero-order chi connectivity index (χ0) is 11.5. The third kappa shape index (κ3) is 2.00. The van der Waals surface area contributed by atoms with Gasteiger partial charge < -0.3 is 5.73 Å². The molecule has 0 radical (unpaired) electrons. The summed E-state index contributed by atoms with van der Waals surface area (Å²) >= 11 is 1.84. The third-order valence-corrected chi connectivity index (χ3v) is 3.30. The van der Waals surface area contributed by atoms with E-state index in [1.165, 1.54) is 0 Å². The average molecular weight is 236 g/mol. The molecular weight excluding hydrogens is 220 g/mol. The molecule has 16 heavy (non-hydrogen) atoms. The molecule has 2 rings (SSSR count). The van der Waals surface area contributed by atoms with Gasteiger partial charge in [0, 0.05) is 12.2 Å². The van der Waals surface area contributed by atoms with E-state index in [1.54, 1.807) is 6.20 Å². The Morgan fingerprint density at radius 1 is 1.56 bits per heavy atom. The van der Waals surface area contributed by atoms with Crippen molar-refractivity contribution in [3.63, 3.8) is 0 Å². The zero-order valence-corrected chi connectivity index (χ0v) is 10.4. The first kappa shape index (κ1) is 11.3. The van der Waals surface area contributed by atoms with Crippen molar-refractivity contribution in [2.24, 2.45) is 0 Å². The Morgan fingerprint density at radius 3 is 3.12 bits per heavy atom. The predicted molar refractivity (Wildman–Crippen MR) is 69.7 cm³/mol. The molecular formula is C11H16N4S. The Balaban J connectivity index is 2.38. The predicted octanol–water partition coefficient (Wildman–Crippen LogP) is 2.33. The van der Waals surface area contributed by atoms with E-state index in [0.717, 1.165) is 23.3 Å². The van der Waals surface area contributed by atoms with E-state index in [2.05, 4.69) is 23.1 Å². The fourth-order valence-electron chi connectivity index (χ4n) is 1.80. The van der Waals surface area contributed by atoms with Gasteiger partial charge in [0.15, 0.2) is 5.65 Å². The van der Waals surface area contributed by atoms with Crippen molar-refractivity contribution in [1.82, 2.24) is 14.5 Å². The highest BCUT2D eigenvalue weighted by molar-refractivity contribution is 7.98. The van der Waals surface area contributed by atoms with Gasteiger partial charge in [-0.3, -0.25) is 4.57 Å². The maximum Gasteiger partial charge on any atom is 0.202 e. The summed E-state index contributed by atoms with van der Waals surface area (Å²) in [7, 11) is 0. The third-order valence-electron chi connectivity index (χ3n) is 2.66. The van der Waals surface area contributed by atoms with Crippen molar-refractivity contribution in [3.05, 3.63) is 18.3 Å². The minimum absolute atomic E-state index is 0.340. The summed E-state index contributed by atoms with van der Waals surface area (Å²) in [6.45, 7) is 2.16. The van der Waals surface area contributed by atoms with Gasteiger partial charge in [0.2, 0.25) is 5.95 Å². The Kier molecular flexibility index (Phi) is 3.33. The van der Waals surface area contributed by atoms with Gasteiger partial charge in [0.1, 0.15) is 5.52 Å². The molecule has 0 aliphatic carbocycles. The molecule has 4 nitrogen and oxygen atoms in total. The number of hydrogen-bond donors (Lipinski definition) is 1. The second kappa shape index (κ2) is 4.74. The number of rotatable bonds is 4. The summed E-state index contributed by atoms with van der Waals surface area (Å²) in [5.74, 6) is 1.68. The number of fused-ring (bicyclic) bond motifs is 1. The second-order valence-corrected chi connectivity index (χ2v) is 4.80. The van der Waals surface area contributed by atoms with Crippen LogP contribution in [0, 0.1) is 0 Å². The topological polar surface area (TPSA) is 56.7 Å². The molecule has 0 spiro atoms. The van der Waals surface area contributed by atoms with Crippen molar-refractivity contribution >= 4 is 28.9 Å². The second-order valence-electron chi connectivity index (χ2n) is 3.82. The molecule has 0 fully saturated rings. The van der Waals surface area contributed by atoms with E-state index in [0.29, 0.717) is 12.0 Å². The van der Waals surface area contributed by atoms with Crippen molar-refractivity contribution in [2.45, 2.75) is 19.4 Å². The van der Waals surface area contributed by atoms with E-state index in [9.17, 15) is 0 Å². The van der Waals surface area contributed by atoms with Crippen LogP contribution >= 0.6 is 11.8 Å². The van der Waals surface area contributed by atoms with Crippen LogP contribution in [-0.2, 0) is 0 Å². The van der Waals surface area contributed by atoms with E-state index < -0.39 is 0 Å². The number of nitrogens with two attached hydrogens (primary N) is 1. The quantitative estimate of drug-likeness (QED) is 0.885. The lowest BCUT2D eigenvalue weighted by molar-refractivity contribution is 0.553. The fraction of sp³-hybridized carbons (Fsp3) is 0.455. The van der Waals surface area contributed by atoms with E-state index in [-0.39, 0.29) is 0 Å². The lowest BCUT2D eigenvalue weighted by Gasteiger charge is -2.14. The molecule has 0 saturated heterocycles. The van der Waals surface area contributed by atoms with Crippen molar-refractivity contribution in [2.75, 3.05) is 17.7 Å². The number of thioether (sulfide) groups is 1. The first-order chi connectivity index (χ1) is 7.74. The highest BCUT2D eigenvalue weighted by Crippen LogP contribution is 2.23. The van der Waals surface area contributed by atoms with E-state index in [1.807, 2.05) is 28.5 Å². The standard InChI is InChI=1S/C11H16N4S/c1-8(5-7-16-2)15-10-9(14-11(15)12)4-3-6-13-10/h3-4,6,8H,5,7H2,1-2H3,(H2,12,14). The highest BCUT2D eigenvalue weighted by atomic mass is 32.2. The van der Waals surface area contributed by atoms with Gasteiger partial charge in [-0.05, 0) is 37.5 Å². The van der Waals surface area contributed by atoms with Gasteiger partial charge in [-0.15, -0.1) is 0 Å². The molecule has 0 aliphatic heterocycles. The van der Waals surface area contributed by atoms with Crippen LogP contribution in [0.25, 0.3) is 11.2 Å². The number of nitrogens with zero attached hydrogens (tertiary/aromatic N) is 3. The van der Waals surface area contributed by atoms with Gasteiger partial charge in [0.25, 0.3) is 0 Å². The minimum atomic E-state index is 0.340. The van der Waals surface area contributed by atoms with Gasteiger partial charge in [-0.25, -0.2) is 9.97 Å². The minimum Gasteiger partial charge on any atom is -0.369 e. The molecule has 2 aromatic heterocycles. The number of nitrogen functional groups attached to an aromatic ring is 1. The number of anilines is 1. The fourth-order valence-corrected chi connectivity index (χ4v) is 2.38.